The van der Waals surface area contributed by atoms with Crippen LogP contribution in [0.2, 0.25) is 0 Å². The van der Waals surface area contributed by atoms with Gasteiger partial charge in [-0.2, -0.15) is 0 Å². The van der Waals surface area contributed by atoms with Crippen LogP contribution in [0.15, 0.2) is 15.7 Å². The van der Waals surface area contributed by atoms with Crippen molar-refractivity contribution < 1.29 is 0 Å². The molecule has 88 valence electrons. The average Bonchev–Trinajstić information content (AvgIpc) is 2.15. The van der Waals surface area contributed by atoms with Crippen LogP contribution in [0.25, 0.3) is 0 Å². The van der Waals surface area contributed by atoms with E-state index in [1.54, 1.807) is 0 Å². The third-order valence-electron chi connectivity index (χ3n) is 2.96. The number of nitrogens with zero attached hydrogens (tertiary/aromatic N) is 2. The summed E-state index contributed by atoms with van der Waals surface area (Å²) in [5.74, 6) is 1.72. The van der Waals surface area contributed by atoms with Crippen molar-refractivity contribution >= 4 is 27.7 Å². The van der Waals surface area contributed by atoms with Gasteiger partial charge in [0.2, 0.25) is 0 Å². The van der Waals surface area contributed by atoms with Gasteiger partial charge in [-0.1, -0.05) is 19.8 Å². The molecular weight excluding hydrogens is 284 g/mol. The summed E-state index contributed by atoms with van der Waals surface area (Å²) in [5.41, 5.74) is 0. The van der Waals surface area contributed by atoms with E-state index in [4.69, 9.17) is 0 Å². The zero-order valence-corrected chi connectivity index (χ0v) is 12.1. The van der Waals surface area contributed by atoms with Gasteiger partial charge in [0.25, 0.3) is 0 Å². The molecule has 1 saturated carbocycles. The van der Waals surface area contributed by atoms with Crippen LogP contribution in [0.3, 0.4) is 0 Å². The van der Waals surface area contributed by atoms with Crippen LogP contribution in [0.4, 0.5) is 0 Å². The molecule has 0 aromatic carbocycles. The van der Waals surface area contributed by atoms with Crippen LogP contribution in [0.5, 0.6) is 0 Å². The molecule has 1 aliphatic carbocycles. The van der Waals surface area contributed by atoms with E-state index in [9.17, 15) is 0 Å². The lowest BCUT2D eigenvalue weighted by molar-refractivity contribution is 0.394. The SMILES string of the molecule is Cc1nc(Br)cc(SC2CCCC(C)C2)n1. The van der Waals surface area contributed by atoms with E-state index >= 15 is 0 Å². The Kier molecular flexibility index (Phi) is 4.25. The molecule has 1 aromatic heterocycles. The van der Waals surface area contributed by atoms with E-state index in [1.165, 1.54) is 25.7 Å². The van der Waals surface area contributed by atoms with Crippen LogP contribution in [0, 0.1) is 12.8 Å². The lowest BCUT2D eigenvalue weighted by atomic mass is 9.91. The van der Waals surface area contributed by atoms with E-state index in [0.717, 1.165) is 26.6 Å². The highest BCUT2D eigenvalue weighted by Crippen LogP contribution is 2.35. The maximum absolute atomic E-state index is 4.48. The van der Waals surface area contributed by atoms with Crippen molar-refractivity contribution in [2.75, 3.05) is 0 Å². The minimum Gasteiger partial charge on any atom is -0.227 e. The molecule has 2 unspecified atom stereocenters. The van der Waals surface area contributed by atoms with Crippen LogP contribution in [0.1, 0.15) is 38.4 Å². The van der Waals surface area contributed by atoms with E-state index in [2.05, 4.69) is 32.8 Å². The lowest BCUT2D eigenvalue weighted by Crippen LogP contribution is -2.15. The first-order valence-corrected chi connectivity index (χ1v) is 7.48. The first-order valence-electron chi connectivity index (χ1n) is 5.81. The Bertz CT molecular complexity index is 350. The van der Waals surface area contributed by atoms with Gasteiger partial charge < -0.3 is 0 Å². The Labute approximate surface area is 110 Å². The second kappa shape index (κ2) is 5.50. The zero-order valence-electron chi connectivity index (χ0n) is 9.74. The van der Waals surface area contributed by atoms with Gasteiger partial charge in [0, 0.05) is 11.3 Å². The monoisotopic (exact) mass is 300 g/mol. The predicted octanol–water partition coefficient (Wildman–Crippen LogP) is 4.22. The minimum absolute atomic E-state index is 0.741. The van der Waals surface area contributed by atoms with E-state index < -0.39 is 0 Å². The van der Waals surface area contributed by atoms with Crippen molar-refractivity contribution in [1.29, 1.82) is 0 Å². The van der Waals surface area contributed by atoms with Gasteiger partial charge in [-0.05, 0) is 41.6 Å². The Morgan fingerprint density at radius 2 is 2.19 bits per heavy atom. The fourth-order valence-corrected chi connectivity index (χ4v) is 4.26. The number of aryl methyl sites for hydroxylation is 1. The lowest BCUT2D eigenvalue weighted by Gasteiger charge is -2.25. The quantitative estimate of drug-likeness (QED) is 0.765. The molecule has 0 bridgehead atoms. The molecule has 0 radical (unpaired) electrons. The molecule has 1 aromatic rings. The molecular formula is C12H17BrN2S. The molecule has 0 saturated heterocycles. The van der Waals surface area contributed by atoms with Crippen molar-refractivity contribution in [3.05, 3.63) is 16.5 Å². The van der Waals surface area contributed by atoms with E-state index in [-0.39, 0.29) is 0 Å². The van der Waals surface area contributed by atoms with Crippen molar-refractivity contribution in [1.82, 2.24) is 9.97 Å². The first kappa shape index (κ1) is 12.4. The standard InChI is InChI=1S/C12H17BrN2S/c1-8-4-3-5-10(6-8)16-12-7-11(13)14-9(2)15-12/h7-8,10H,3-6H2,1-2H3. The molecule has 1 fully saturated rings. The number of rotatable bonds is 2. The summed E-state index contributed by atoms with van der Waals surface area (Å²) in [5, 5.41) is 1.85. The molecule has 4 heteroatoms. The maximum atomic E-state index is 4.48. The summed E-state index contributed by atoms with van der Waals surface area (Å²) in [6, 6.07) is 2.02. The number of halogens is 1. The Morgan fingerprint density at radius 1 is 1.38 bits per heavy atom. The zero-order chi connectivity index (χ0) is 11.5. The minimum atomic E-state index is 0.741. The molecule has 0 amide bonds. The summed E-state index contributed by atoms with van der Waals surface area (Å²) in [6.45, 7) is 4.30. The average molecular weight is 301 g/mol. The molecule has 1 heterocycles. The van der Waals surface area contributed by atoms with Gasteiger partial charge in [-0.25, -0.2) is 9.97 Å². The summed E-state index contributed by atoms with van der Waals surface area (Å²) >= 11 is 5.34. The van der Waals surface area contributed by atoms with Crippen molar-refractivity contribution in [2.45, 2.75) is 49.8 Å². The molecule has 1 aliphatic rings. The van der Waals surface area contributed by atoms with E-state index in [0.29, 0.717) is 0 Å². The smallest absolute Gasteiger partial charge is 0.127 e. The summed E-state index contributed by atoms with van der Waals surface area (Å²) in [4.78, 5) is 8.71. The summed E-state index contributed by atoms with van der Waals surface area (Å²) < 4.78 is 0.895. The summed E-state index contributed by atoms with van der Waals surface area (Å²) in [7, 11) is 0. The highest BCUT2D eigenvalue weighted by Gasteiger charge is 2.20. The fraction of sp³-hybridized carbons (Fsp3) is 0.667. The molecule has 0 spiro atoms. The third-order valence-corrected chi connectivity index (χ3v) is 4.58. The van der Waals surface area contributed by atoms with Gasteiger partial charge in [0.1, 0.15) is 15.5 Å². The van der Waals surface area contributed by atoms with Crippen molar-refractivity contribution in [2.24, 2.45) is 5.92 Å². The van der Waals surface area contributed by atoms with Gasteiger partial charge in [0.15, 0.2) is 0 Å². The second-order valence-electron chi connectivity index (χ2n) is 4.59. The molecule has 0 aliphatic heterocycles. The van der Waals surface area contributed by atoms with Gasteiger partial charge in [-0.3, -0.25) is 0 Å². The highest BCUT2D eigenvalue weighted by atomic mass is 79.9. The van der Waals surface area contributed by atoms with Crippen LogP contribution >= 0.6 is 27.7 Å². The number of thioether (sulfide) groups is 1. The Balaban J connectivity index is 2.02. The number of hydrogen-bond donors (Lipinski definition) is 0. The van der Waals surface area contributed by atoms with Crippen LogP contribution in [-0.4, -0.2) is 15.2 Å². The van der Waals surface area contributed by atoms with Crippen LogP contribution < -0.4 is 0 Å². The normalized spacial score (nSPS) is 25.7. The Hall–Kier alpha value is -0.0900. The van der Waals surface area contributed by atoms with Gasteiger partial charge in [-0.15, -0.1) is 11.8 Å². The molecule has 2 rings (SSSR count). The topological polar surface area (TPSA) is 25.8 Å². The highest BCUT2D eigenvalue weighted by molar-refractivity contribution is 9.10. The van der Waals surface area contributed by atoms with Crippen molar-refractivity contribution in [3.8, 4) is 0 Å². The van der Waals surface area contributed by atoms with E-state index in [1.807, 2.05) is 24.8 Å². The van der Waals surface area contributed by atoms with Gasteiger partial charge >= 0.3 is 0 Å². The largest absolute Gasteiger partial charge is 0.227 e. The molecule has 2 nitrogen and oxygen atoms in total. The molecule has 16 heavy (non-hydrogen) atoms. The van der Waals surface area contributed by atoms with Gasteiger partial charge in [0.05, 0.1) is 0 Å². The fourth-order valence-electron chi connectivity index (χ4n) is 2.22. The number of aromatic nitrogens is 2. The van der Waals surface area contributed by atoms with Crippen molar-refractivity contribution in [3.63, 3.8) is 0 Å². The van der Waals surface area contributed by atoms with Crippen LogP contribution in [-0.2, 0) is 0 Å². The molecule has 2 atom stereocenters. The maximum Gasteiger partial charge on any atom is 0.127 e. The third kappa shape index (κ3) is 3.45. The second-order valence-corrected chi connectivity index (χ2v) is 6.72. The number of hydrogen-bond acceptors (Lipinski definition) is 3. The predicted molar refractivity (Wildman–Crippen MR) is 71.7 cm³/mol. The molecule has 0 N–H and O–H groups in total. The summed E-state index contributed by atoms with van der Waals surface area (Å²) in [6.07, 6.45) is 5.41. The first-order chi connectivity index (χ1) is 7.63. The Morgan fingerprint density at radius 3 is 2.88 bits per heavy atom.